The van der Waals surface area contributed by atoms with Gasteiger partial charge in [0, 0.05) is 17.7 Å². The number of benzene rings is 2. The Morgan fingerprint density at radius 2 is 1.79 bits per heavy atom. The molecule has 3 heterocycles. The summed E-state index contributed by atoms with van der Waals surface area (Å²) >= 11 is 1.40. The number of thiazole rings is 1. The van der Waals surface area contributed by atoms with Crippen LogP contribution in [0.4, 0.5) is 0 Å². The molecule has 0 amide bonds. The number of H-pyrrole nitrogens is 2. The van der Waals surface area contributed by atoms with E-state index in [2.05, 4.69) is 15.1 Å². The van der Waals surface area contributed by atoms with Crippen LogP contribution in [0.1, 0.15) is 22.4 Å². The van der Waals surface area contributed by atoms with Crippen LogP contribution in [0.5, 0.6) is 0 Å². The van der Waals surface area contributed by atoms with E-state index in [1.165, 1.54) is 16.0 Å². The maximum Gasteiger partial charge on any atom is 0.286 e. The first-order chi connectivity index (χ1) is 14.0. The number of aromatic nitrogens is 4. The molecule has 0 spiro atoms. The van der Waals surface area contributed by atoms with Crippen molar-refractivity contribution >= 4 is 32.6 Å². The highest BCUT2D eigenvalue weighted by molar-refractivity contribution is 7.20. The van der Waals surface area contributed by atoms with Crippen LogP contribution in [0.15, 0.2) is 58.1 Å². The van der Waals surface area contributed by atoms with Crippen molar-refractivity contribution in [2.45, 2.75) is 20.3 Å². The van der Waals surface area contributed by atoms with Crippen molar-refractivity contribution in [2.75, 3.05) is 0 Å². The van der Waals surface area contributed by atoms with Gasteiger partial charge in [-0.05, 0) is 37.1 Å². The lowest BCUT2D eigenvalue weighted by Crippen LogP contribution is -2.21. The van der Waals surface area contributed by atoms with E-state index in [-0.39, 0.29) is 16.4 Å². The predicted octanol–water partition coefficient (Wildman–Crippen LogP) is 3.82. The molecule has 7 heteroatoms. The Hall–Kier alpha value is -3.45. The minimum absolute atomic E-state index is 0.137. The Morgan fingerprint density at radius 3 is 2.59 bits per heavy atom. The first-order valence-corrected chi connectivity index (χ1v) is 10.1. The smallest absolute Gasteiger partial charge is 0.286 e. The number of nitrogens with one attached hydrogen (secondary N) is 2. The van der Waals surface area contributed by atoms with E-state index in [4.69, 9.17) is 0 Å². The molecule has 0 saturated carbocycles. The standard InChI is InChI=1S/C22H18N4O2S/c1-12-7-3-4-8-14(12)11-15-13(2)23-20-18(19(15)27)21(28)26(25-20)22-24-16-9-5-6-10-17(16)29-22/h3-10H,11H2,1-2H3,(H2,23,25,27). The molecule has 6 nitrogen and oxygen atoms in total. The number of nitrogens with zero attached hydrogens (tertiary/aromatic N) is 2. The molecule has 0 bridgehead atoms. The van der Waals surface area contributed by atoms with E-state index in [0.717, 1.165) is 27.0 Å². The lowest BCUT2D eigenvalue weighted by Gasteiger charge is -2.08. The highest BCUT2D eigenvalue weighted by Gasteiger charge is 2.19. The number of aryl methyl sites for hydroxylation is 2. The summed E-state index contributed by atoms with van der Waals surface area (Å²) in [6, 6.07) is 15.7. The van der Waals surface area contributed by atoms with Crippen LogP contribution in [-0.2, 0) is 6.42 Å². The zero-order valence-corrected chi connectivity index (χ0v) is 16.8. The van der Waals surface area contributed by atoms with Gasteiger partial charge in [0.05, 0.1) is 10.2 Å². The van der Waals surface area contributed by atoms with Gasteiger partial charge in [-0.15, -0.1) is 0 Å². The van der Waals surface area contributed by atoms with Gasteiger partial charge in [0.2, 0.25) is 5.13 Å². The fourth-order valence-electron chi connectivity index (χ4n) is 3.62. The Labute approximate surface area is 169 Å². The van der Waals surface area contributed by atoms with Crippen molar-refractivity contribution in [2.24, 2.45) is 0 Å². The van der Waals surface area contributed by atoms with Gasteiger partial charge in [0.1, 0.15) is 11.0 Å². The van der Waals surface area contributed by atoms with Gasteiger partial charge < -0.3 is 4.98 Å². The highest BCUT2D eigenvalue weighted by atomic mass is 32.1. The Bertz CT molecular complexity index is 1470. The highest BCUT2D eigenvalue weighted by Crippen LogP contribution is 2.24. The second-order valence-electron chi connectivity index (χ2n) is 7.13. The van der Waals surface area contributed by atoms with Gasteiger partial charge in [0.15, 0.2) is 5.43 Å². The van der Waals surface area contributed by atoms with E-state index in [0.29, 0.717) is 22.8 Å². The maximum atomic E-state index is 13.2. The second kappa shape index (κ2) is 6.56. The summed E-state index contributed by atoms with van der Waals surface area (Å²) in [5.74, 6) is 0. The van der Waals surface area contributed by atoms with Crippen LogP contribution in [0.25, 0.3) is 26.4 Å². The minimum Gasteiger partial charge on any atom is -0.343 e. The molecule has 0 aliphatic carbocycles. The third kappa shape index (κ3) is 2.82. The van der Waals surface area contributed by atoms with E-state index < -0.39 is 0 Å². The van der Waals surface area contributed by atoms with Crippen LogP contribution in [0, 0.1) is 13.8 Å². The topological polar surface area (TPSA) is 83.5 Å². The van der Waals surface area contributed by atoms with Gasteiger partial charge in [-0.1, -0.05) is 47.7 Å². The third-order valence-corrected chi connectivity index (χ3v) is 6.28. The lowest BCUT2D eigenvalue weighted by molar-refractivity contribution is 0.850. The summed E-state index contributed by atoms with van der Waals surface area (Å²) in [4.78, 5) is 34.1. The summed E-state index contributed by atoms with van der Waals surface area (Å²) < 4.78 is 2.33. The number of fused-ring (bicyclic) bond motifs is 2. The van der Waals surface area contributed by atoms with Crippen LogP contribution in [0.2, 0.25) is 0 Å². The van der Waals surface area contributed by atoms with Crippen molar-refractivity contribution in [3.05, 3.63) is 91.5 Å². The van der Waals surface area contributed by atoms with Gasteiger partial charge in [-0.2, -0.15) is 4.68 Å². The lowest BCUT2D eigenvalue weighted by atomic mass is 9.99. The first-order valence-electron chi connectivity index (χ1n) is 9.30. The van der Waals surface area contributed by atoms with E-state index in [9.17, 15) is 9.59 Å². The average Bonchev–Trinajstić information content (AvgIpc) is 3.27. The average molecular weight is 402 g/mol. The van der Waals surface area contributed by atoms with Crippen molar-refractivity contribution < 1.29 is 0 Å². The first kappa shape index (κ1) is 17.6. The number of pyridine rings is 1. The van der Waals surface area contributed by atoms with Gasteiger partial charge in [0.25, 0.3) is 5.56 Å². The van der Waals surface area contributed by atoms with Crippen molar-refractivity contribution in [1.82, 2.24) is 19.7 Å². The number of para-hydroxylation sites is 1. The molecule has 0 unspecified atom stereocenters. The van der Waals surface area contributed by atoms with E-state index >= 15 is 0 Å². The molecule has 3 aromatic heterocycles. The molecule has 5 aromatic rings. The third-order valence-electron chi connectivity index (χ3n) is 5.26. The molecule has 0 aliphatic heterocycles. The Balaban J connectivity index is 1.70. The van der Waals surface area contributed by atoms with Crippen molar-refractivity contribution in [3.8, 4) is 5.13 Å². The van der Waals surface area contributed by atoms with Crippen LogP contribution in [-0.4, -0.2) is 19.7 Å². The van der Waals surface area contributed by atoms with Crippen LogP contribution in [0.3, 0.4) is 0 Å². The molecular formula is C22H18N4O2S. The number of aromatic amines is 2. The molecule has 5 rings (SSSR count). The Kier molecular flexibility index (Phi) is 3.99. The number of rotatable bonds is 3. The van der Waals surface area contributed by atoms with Crippen molar-refractivity contribution in [1.29, 1.82) is 0 Å². The van der Waals surface area contributed by atoms with Gasteiger partial charge in [-0.3, -0.25) is 14.7 Å². The zero-order chi connectivity index (χ0) is 20.1. The summed E-state index contributed by atoms with van der Waals surface area (Å²) in [5, 5.41) is 3.67. The number of hydrogen-bond acceptors (Lipinski definition) is 4. The second-order valence-corrected chi connectivity index (χ2v) is 8.14. The van der Waals surface area contributed by atoms with Crippen molar-refractivity contribution in [3.63, 3.8) is 0 Å². The number of hydrogen-bond donors (Lipinski definition) is 2. The quantitative estimate of drug-likeness (QED) is 0.481. The maximum absolute atomic E-state index is 13.2. The van der Waals surface area contributed by atoms with Crippen LogP contribution >= 0.6 is 11.3 Å². The van der Waals surface area contributed by atoms with Gasteiger partial charge in [-0.25, -0.2) is 4.98 Å². The molecule has 2 aromatic carbocycles. The van der Waals surface area contributed by atoms with Crippen LogP contribution < -0.4 is 11.0 Å². The normalized spacial score (nSPS) is 11.5. The molecule has 29 heavy (non-hydrogen) atoms. The Morgan fingerprint density at radius 1 is 1.03 bits per heavy atom. The molecule has 0 radical (unpaired) electrons. The molecule has 0 saturated heterocycles. The summed E-state index contributed by atoms with van der Waals surface area (Å²) in [6.45, 7) is 3.88. The zero-order valence-electron chi connectivity index (χ0n) is 15.9. The minimum atomic E-state index is -0.383. The van der Waals surface area contributed by atoms with E-state index in [1.807, 2.05) is 62.4 Å². The molecular weight excluding hydrogens is 384 g/mol. The molecule has 0 aliphatic rings. The predicted molar refractivity (Wildman–Crippen MR) is 116 cm³/mol. The molecule has 0 atom stereocenters. The SMILES string of the molecule is Cc1ccccc1Cc1c(C)[nH]c2[nH]n(-c3nc4ccccc4s3)c(=O)c2c1=O. The molecule has 144 valence electrons. The summed E-state index contributed by atoms with van der Waals surface area (Å²) in [7, 11) is 0. The fraction of sp³-hybridized carbons (Fsp3) is 0.136. The molecule has 2 N–H and O–H groups in total. The summed E-state index contributed by atoms with van der Waals surface area (Å²) in [5.41, 5.74) is 4.18. The summed E-state index contributed by atoms with van der Waals surface area (Å²) in [6.07, 6.45) is 0.482. The van der Waals surface area contributed by atoms with Gasteiger partial charge >= 0.3 is 0 Å². The van der Waals surface area contributed by atoms with E-state index in [1.54, 1.807) is 0 Å². The molecule has 0 fully saturated rings. The fourth-order valence-corrected chi connectivity index (χ4v) is 4.55. The largest absolute Gasteiger partial charge is 0.343 e. The monoisotopic (exact) mass is 402 g/mol.